The fraction of sp³-hybridized carbons (Fsp3) is 0.706. The van der Waals surface area contributed by atoms with Gasteiger partial charge in [-0.1, -0.05) is 13.8 Å². The Kier molecular flexibility index (Phi) is 3.05. The van der Waals surface area contributed by atoms with Crippen LogP contribution in [0.15, 0.2) is 32.9 Å². The summed E-state index contributed by atoms with van der Waals surface area (Å²) < 4.78 is 5.69. The smallest absolute Gasteiger partial charge is 0.162 e. The number of hydrogen-bond donors (Lipinski definition) is 1. The lowest BCUT2D eigenvalue weighted by molar-refractivity contribution is -0.119. The van der Waals surface area contributed by atoms with Crippen LogP contribution in [0.1, 0.15) is 46.0 Å². The Bertz CT molecular complexity index is 620. The van der Waals surface area contributed by atoms with Gasteiger partial charge in [-0.3, -0.25) is 4.79 Å². The molecule has 5 heteroatoms. The van der Waals surface area contributed by atoms with Crippen molar-refractivity contribution in [1.29, 1.82) is 0 Å². The van der Waals surface area contributed by atoms with E-state index in [0.717, 1.165) is 49.4 Å². The number of ether oxygens (including phenoxy) is 1. The minimum atomic E-state index is -0.191. The Morgan fingerprint density at radius 1 is 1.18 bits per heavy atom. The van der Waals surface area contributed by atoms with E-state index in [0.29, 0.717) is 25.4 Å². The van der Waals surface area contributed by atoms with E-state index < -0.39 is 0 Å². The Hall–Kier alpha value is -1.49. The van der Waals surface area contributed by atoms with Crippen LogP contribution in [0.3, 0.4) is 0 Å². The Morgan fingerprint density at radius 3 is 2.91 bits per heavy atom. The van der Waals surface area contributed by atoms with Gasteiger partial charge in [-0.25, -0.2) is 0 Å². The highest BCUT2D eigenvalue weighted by molar-refractivity contribution is 6.00. The number of Topliss-reactive ketones (excluding diaryl/α,β-unsaturated/α-hetero) is 1. The summed E-state index contributed by atoms with van der Waals surface area (Å²) in [6.45, 7) is 6.45. The third-order valence-electron chi connectivity index (χ3n) is 5.45. The number of carbonyl (C=O) groups is 1. The summed E-state index contributed by atoms with van der Waals surface area (Å²) in [4.78, 5) is 13.0. The molecule has 1 atom stereocenters. The van der Waals surface area contributed by atoms with Gasteiger partial charge < -0.3 is 10.1 Å². The number of azo groups is 1. The van der Waals surface area contributed by atoms with Gasteiger partial charge in [0.25, 0.3) is 0 Å². The average Bonchev–Trinajstić information content (AvgIpc) is 2.77. The minimum Gasteiger partial charge on any atom is -0.381 e. The summed E-state index contributed by atoms with van der Waals surface area (Å²) in [6.07, 6.45) is 4.38. The summed E-state index contributed by atoms with van der Waals surface area (Å²) in [6, 6.07) is 0. The monoisotopic (exact) mass is 301 g/mol. The zero-order chi connectivity index (χ0) is 15.4. The quantitative estimate of drug-likeness (QED) is 0.748. The van der Waals surface area contributed by atoms with E-state index in [-0.39, 0.29) is 10.8 Å². The highest BCUT2D eigenvalue weighted by Gasteiger charge is 2.51. The molecule has 0 aromatic rings. The average molecular weight is 301 g/mol. The number of carbonyl (C=O) groups excluding carboxylic acids is 1. The van der Waals surface area contributed by atoms with Crippen LogP contribution in [0.5, 0.6) is 0 Å². The van der Waals surface area contributed by atoms with Crippen molar-refractivity contribution in [2.45, 2.75) is 46.0 Å². The summed E-state index contributed by atoms with van der Waals surface area (Å²) >= 11 is 0. The van der Waals surface area contributed by atoms with Gasteiger partial charge >= 0.3 is 0 Å². The molecule has 0 radical (unpaired) electrons. The van der Waals surface area contributed by atoms with Crippen molar-refractivity contribution in [3.05, 3.63) is 22.7 Å². The highest BCUT2D eigenvalue weighted by atomic mass is 16.5. The molecule has 1 fully saturated rings. The van der Waals surface area contributed by atoms with Crippen LogP contribution >= 0.6 is 0 Å². The molecule has 118 valence electrons. The molecule has 0 aromatic heterocycles. The Balaban J connectivity index is 1.86. The number of dihydropyridines is 1. The first-order chi connectivity index (χ1) is 10.5. The van der Waals surface area contributed by atoms with Gasteiger partial charge in [0.05, 0.1) is 6.54 Å². The zero-order valence-corrected chi connectivity index (χ0v) is 13.4. The van der Waals surface area contributed by atoms with Gasteiger partial charge in [-0.2, -0.15) is 5.11 Å². The van der Waals surface area contributed by atoms with E-state index in [1.165, 1.54) is 5.57 Å². The van der Waals surface area contributed by atoms with Crippen LogP contribution in [0, 0.1) is 10.8 Å². The molecule has 22 heavy (non-hydrogen) atoms. The van der Waals surface area contributed by atoms with Crippen LogP contribution in [0.2, 0.25) is 0 Å². The SMILES string of the molecule is CC1(C)CC(=O)C2=C(C1)NC1=C(CN=N1)[C@]21CCCOCC1. The van der Waals surface area contributed by atoms with E-state index in [4.69, 9.17) is 4.74 Å². The number of fused-ring (bicyclic) bond motifs is 2. The summed E-state index contributed by atoms with van der Waals surface area (Å²) in [5.41, 5.74) is 3.14. The number of nitrogens with zero attached hydrogens (tertiary/aromatic N) is 2. The predicted molar refractivity (Wildman–Crippen MR) is 82.0 cm³/mol. The first-order valence-corrected chi connectivity index (χ1v) is 8.25. The lowest BCUT2D eigenvalue weighted by Gasteiger charge is -2.45. The fourth-order valence-electron chi connectivity index (χ4n) is 4.57. The summed E-state index contributed by atoms with van der Waals surface area (Å²) in [5.74, 6) is 1.20. The van der Waals surface area contributed by atoms with Crippen molar-refractivity contribution in [2.24, 2.45) is 21.1 Å². The van der Waals surface area contributed by atoms with Gasteiger partial charge in [0.1, 0.15) is 0 Å². The van der Waals surface area contributed by atoms with Gasteiger partial charge in [0.2, 0.25) is 0 Å². The topological polar surface area (TPSA) is 63.0 Å². The van der Waals surface area contributed by atoms with Crippen LogP contribution in [-0.4, -0.2) is 25.5 Å². The summed E-state index contributed by atoms with van der Waals surface area (Å²) in [5, 5.41) is 12.0. The normalized spacial score (nSPS) is 33.6. The molecule has 0 amide bonds. The lowest BCUT2D eigenvalue weighted by Crippen LogP contribution is -2.44. The van der Waals surface area contributed by atoms with Crippen molar-refractivity contribution in [3.8, 4) is 0 Å². The number of ketones is 1. The highest BCUT2D eigenvalue weighted by Crippen LogP contribution is 2.54. The summed E-state index contributed by atoms with van der Waals surface area (Å²) in [7, 11) is 0. The number of hydrogen-bond acceptors (Lipinski definition) is 5. The molecule has 0 bridgehead atoms. The molecule has 4 rings (SSSR count). The van der Waals surface area contributed by atoms with Crippen LogP contribution in [0.25, 0.3) is 0 Å². The molecule has 4 aliphatic rings. The maximum atomic E-state index is 13.0. The molecular formula is C17H23N3O2. The number of rotatable bonds is 0. The molecule has 3 heterocycles. The number of nitrogens with one attached hydrogen (secondary N) is 1. The molecule has 1 saturated heterocycles. The zero-order valence-electron chi connectivity index (χ0n) is 13.4. The molecule has 3 aliphatic heterocycles. The van der Waals surface area contributed by atoms with E-state index in [9.17, 15) is 4.79 Å². The minimum absolute atomic E-state index is 0.0130. The van der Waals surface area contributed by atoms with Crippen molar-refractivity contribution >= 4 is 5.78 Å². The molecule has 1 aliphatic carbocycles. The number of allylic oxidation sites excluding steroid dienone is 2. The standard InChI is InChI=1S/C17H23N3O2/c1-16(2)8-12-14(13(21)9-16)17(4-3-6-22-7-5-17)11-10-18-20-15(11)19-12/h19H,3-10H2,1-2H3/t17-/m1/s1. The Morgan fingerprint density at radius 2 is 2.05 bits per heavy atom. The Labute approximate surface area is 130 Å². The maximum Gasteiger partial charge on any atom is 0.162 e. The second-order valence-corrected chi connectivity index (χ2v) is 7.69. The van der Waals surface area contributed by atoms with Crippen LogP contribution in [0.4, 0.5) is 0 Å². The van der Waals surface area contributed by atoms with Gasteiger partial charge in [-0.05, 0) is 31.1 Å². The van der Waals surface area contributed by atoms with Crippen molar-refractivity contribution in [2.75, 3.05) is 19.8 Å². The third-order valence-corrected chi connectivity index (χ3v) is 5.45. The van der Waals surface area contributed by atoms with Gasteiger partial charge in [0, 0.05) is 41.9 Å². The van der Waals surface area contributed by atoms with Crippen LogP contribution < -0.4 is 5.32 Å². The van der Waals surface area contributed by atoms with Gasteiger partial charge in [0.15, 0.2) is 11.6 Å². The molecule has 1 N–H and O–H groups in total. The largest absolute Gasteiger partial charge is 0.381 e. The van der Waals surface area contributed by atoms with Gasteiger partial charge in [-0.15, -0.1) is 5.11 Å². The first-order valence-electron chi connectivity index (χ1n) is 8.25. The van der Waals surface area contributed by atoms with E-state index in [2.05, 4.69) is 29.4 Å². The third kappa shape index (κ3) is 1.98. The fourth-order valence-corrected chi connectivity index (χ4v) is 4.57. The predicted octanol–water partition coefficient (Wildman–Crippen LogP) is 3.10. The maximum absolute atomic E-state index is 13.0. The van der Waals surface area contributed by atoms with E-state index in [1.54, 1.807) is 0 Å². The van der Waals surface area contributed by atoms with Crippen molar-refractivity contribution in [1.82, 2.24) is 5.32 Å². The first kappa shape index (κ1) is 14.1. The van der Waals surface area contributed by atoms with Crippen LogP contribution in [-0.2, 0) is 9.53 Å². The second-order valence-electron chi connectivity index (χ2n) is 7.69. The molecule has 0 unspecified atom stereocenters. The van der Waals surface area contributed by atoms with Crippen molar-refractivity contribution < 1.29 is 9.53 Å². The van der Waals surface area contributed by atoms with E-state index in [1.807, 2.05) is 0 Å². The second kappa shape index (κ2) is 4.75. The van der Waals surface area contributed by atoms with Crippen molar-refractivity contribution in [3.63, 3.8) is 0 Å². The van der Waals surface area contributed by atoms with E-state index >= 15 is 0 Å². The molecule has 5 nitrogen and oxygen atoms in total. The lowest BCUT2D eigenvalue weighted by atomic mass is 9.60. The molecule has 1 spiro atoms. The molecular weight excluding hydrogens is 278 g/mol. The molecule has 0 aromatic carbocycles. The molecule has 0 saturated carbocycles.